The zero-order valence-corrected chi connectivity index (χ0v) is 13.1. The van der Waals surface area contributed by atoms with Gasteiger partial charge in [-0.3, -0.25) is 9.69 Å². The molecule has 0 aliphatic carbocycles. The number of nitrogens with zero attached hydrogens (tertiary/aromatic N) is 1. The van der Waals surface area contributed by atoms with Crippen molar-refractivity contribution in [2.45, 2.75) is 44.8 Å². The van der Waals surface area contributed by atoms with E-state index in [9.17, 15) is 9.90 Å². The van der Waals surface area contributed by atoms with Crippen molar-refractivity contribution < 1.29 is 9.90 Å². The Labute approximate surface area is 131 Å². The van der Waals surface area contributed by atoms with Crippen LogP contribution in [-0.2, 0) is 11.3 Å². The fraction of sp³-hybridized carbons (Fsp3) is 0.562. The van der Waals surface area contributed by atoms with Crippen molar-refractivity contribution in [2.24, 2.45) is 0 Å². The highest BCUT2D eigenvalue weighted by atomic mass is 35.5. The summed E-state index contributed by atoms with van der Waals surface area (Å²) in [5, 5.41) is 13.1. The number of aliphatic hydroxyl groups excluding tert-OH is 1. The number of hydrogen-bond donors (Lipinski definition) is 2. The van der Waals surface area contributed by atoms with Crippen LogP contribution in [0.1, 0.15) is 31.7 Å². The molecular weight excluding hydrogens is 288 g/mol. The van der Waals surface area contributed by atoms with E-state index in [-0.39, 0.29) is 18.6 Å². The van der Waals surface area contributed by atoms with Crippen LogP contribution < -0.4 is 5.32 Å². The maximum absolute atomic E-state index is 12.1. The SMILES string of the molecule is CC1CCCC(CO)N1CC(=O)NCc1ccc(Cl)cc1. The van der Waals surface area contributed by atoms with Gasteiger partial charge in [-0.1, -0.05) is 30.2 Å². The van der Waals surface area contributed by atoms with E-state index in [2.05, 4.69) is 17.1 Å². The Morgan fingerprint density at radius 1 is 1.38 bits per heavy atom. The minimum atomic E-state index is -0.00264. The van der Waals surface area contributed by atoms with Crippen molar-refractivity contribution >= 4 is 17.5 Å². The van der Waals surface area contributed by atoms with Crippen molar-refractivity contribution in [3.05, 3.63) is 34.9 Å². The largest absolute Gasteiger partial charge is 0.395 e. The van der Waals surface area contributed by atoms with Crippen molar-refractivity contribution in [3.63, 3.8) is 0 Å². The normalized spacial score (nSPS) is 23.0. The zero-order valence-electron chi connectivity index (χ0n) is 12.4. The highest BCUT2D eigenvalue weighted by Crippen LogP contribution is 2.22. The molecule has 1 aliphatic rings. The first-order valence-corrected chi connectivity index (χ1v) is 7.85. The Kier molecular flexibility index (Phi) is 6.03. The van der Waals surface area contributed by atoms with Crippen LogP contribution in [0.25, 0.3) is 0 Å². The number of benzene rings is 1. The predicted molar refractivity (Wildman–Crippen MR) is 84.2 cm³/mol. The Morgan fingerprint density at radius 3 is 2.76 bits per heavy atom. The van der Waals surface area contributed by atoms with Gasteiger partial charge in [0.05, 0.1) is 13.2 Å². The summed E-state index contributed by atoms with van der Waals surface area (Å²) in [6.07, 6.45) is 3.17. The quantitative estimate of drug-likeness (QED) is 0.876. The number of nitrogens with one attached hydrogen (secondary N) is 1. The van der Waals surface area contributed by atoms with E-state index >= 15 is 0 Å². The molecule has 1 aromatic rings. The van der Waals surface area contributed by atoms with E-state index in [4.69, 9.17) is 11.6 Å². The monoisotopic (exact) mass is 310 g/mol. The van der Waals surface area contributed by atoms with Crippen LogP contribution in [0, 0.1) is 0 Å². The molecule has 0 saturated carbocycles. The molecule has 2 unspecified atom stereocenters. The van der Waals surface area contributed by atoms with E-state index < -0.39 is 0 Å². The number of carbonyl (C=O) groups excluding carboxylic acids is 1. The van der Waals surface area contributed by atoms with Gasteiger partial charge in [-0.2, -0.15) is 0 Å². The zero-order chi connectivity index (χ0) is 15.2. The second-order valence-electron chi connectivity index (χ2n) is 5.69. The number of piperidine rings is 1. The van der Waals surface area contributed by atoms with E-state index in [1.165, 1.54) is 0 Å². The molecule has 1 heterocycles. The average molecular weight is 311 g/mol. The summed E-state index contributed by atoms with van der Waals surface area (Å²) in [5.41, 5.74) is 1.03. The molecule has 2 N–H and O–H groups in total. The molecule has 5 heteroatoms. The first-order valence-electron chi connectivity index (χ1n) is 7.48. The molecule has 2 rings (SSSR count). The molecule has 2 atom stereocenters. The predicted octanol–water partition coefficient (Wildman–Crippen LogP) is 2.19. The van der Waals surface area contributed by atoms with Crippen LogP contribution >= 0.6 is 11.6 Å². The lowest BCUT2D eigenvalue weighted by Crippen LogP contribution is -2.51. The number of amides is 1. The molecule has 1 amide bonds. The number of aliphatic hydroxyl groups is 1. The Bertz CT molecular complexity index is 464. The molecule has 1 fully saturated rings. The van der Waals surface area contributed by atoms with Gasteiger partial charge in [0.15, 0.2) is 0 Å². The van der Waals surface area contributed by atoms with Gasteiger partial charge in [-0.05, 0) is 37.5 Å². The topological polar surface area (TPSA) is 52.6 Å². The molecule has 0 radical (unpaired) electrons. The summed E-state index contributed by atoms with van der Waals surface area (Å²) >= 11 is 5.83. The highest BCUT2D eigenvalue weighted by Gasteiger charge is 2.28. The van der Waals surface area contributed by atoms with Crippen molar-refractivity contribution in [3.8, 4) is 0 Å². The fourth-order valence-corrected chi connectivity index (χ4v) is 2.97. The standard InChI is InChI=1S/C16H23ClN2O2/c1-12-3-2-4-15(11-20)19(12)10-16(21)18-9-13-5-7-14(17)8-6-13/h5-8,12,15,20H,2-4,9-11H2,1H3,(H,18,21). The van der Waals surface area contributed by atoms with Crippen LogP contribution in [0.3, 0.4) is 0 Å². The van der Waals surface area contributed by atoms with Crippen molar-refractivity contribution in [2.75, 3.05) is 13.2 Å². The van der Waals surface area contributed by atoms with Crippen LogP contribution in [-0.4, -0.2) is 41.1 Å². The first kappa shape index (κ1) is 16.3. The summed E-state index contributed by atoms with van der Waals surface area (Å²) in [7, 11) is 0. The summed E-state index contributed by atoms with van der Waals surface area (Å²) in [6.45, 7) is 3.09. The lowest BCUT2D eigenvalue weighted by Gasteiger charge is -2.39. The van der Waals surface area contributed by atoms with Crippen molar-refractivity contribution in [1.82, 2.24) is 10.2 Å². The van der Waals surface area contributed by atoms with E-state index in [1.807, 2.05) is 24.3 Å². The summed E-state index contributed by atoms with van der Waals surface area (Å²) in [5.74, 6) is -0.00264. The van der Waals surface area contributed by atoms with Gasteiger partial charge in [0.2, 0.25) is 5.91 Å². The summed E-state index contributed by atoms with van der Waals surface area (Å²) in [4.78, 5) is 14.2. The molecule has 1 aromatic carbocycles. The van der Waals surface area contributed by atoms with Crippen molar-refractivity contribution in [1.29, 1.82) is 0 Å². The summed E-state index contributed by atoms with van der Waals surface area (Å²) < 4.78 is 0. The second kappa shape index (κ2) is 7.78. The molecule has 0 spiro atoms. The third-order valence-electron chi connectivity index (χ3n) is 4.13. The Balaban J connectivity index is 1.84. The lowest BCUT2D eigenvalue weighted by molar-refractivity contribution is -0.124. The maximum Gasteiger partial charge on any atom is 0.234 e. The molecule has 4 nitrogen and oxygen atoms in total. The number of hydrogen-bond acceptors (Lipinski definition) is 3. The molecule has 0 bridgehead atoms. The minimum Gasteiger partial charge on any atom is -0.395 e. The van der Waals surface area contributed by atoms with Gasteiger partial charge in [-0.15, -0.1) is 0 Å². The number of likely N-dealkylation sites (tertiary alicyclic amines) is 1. The highest BCUT2D eigenvalue weighted by molar-refractivity contribution is 6.30. The fourth-order valence-electron chi connectivity index (χ4n) is 2.85. The van der Waals surface area contributed by atoms with Crippen LogP contribution in [0.2, 0.25) is 5.02 Å². The lowest BCUT2D eigenvalue weighted by atomic mass is 9.97. The van der Waals surface area contributed by atoms with Gasteiger partial charge < -0.3 is 10.4 Å². The Morgan fingerprint density at radius 2 is 2.10 bits per heavy atom. The average Bonchev–Trinajstić information content (AvgIpc) is 2.49. The van der Waals surface area contributed by atoms with Gasteiger partial charge in [-0.25, -0.2) is 0 Å². The van der Waals surface area contributed by atoms with E-state index in [1.54, 1.807) is 0 Å². The van der Waals surface area contributed by atoms with Crippen LogP contribution in [0.4, 0.5) is 0 Å². The molecular formula is C16H23ClN2O2. The van der Waals surface area contributed by atoms with Gasteiger partial charge in [0, 0.05) is 23.7 Å². The minimum absolute atomic E-state index is 0.00264. The third kappa shape index (κ3) is 4.70. The molecule has 1 aliphatic heterocycles. The van der Waals surface area contributed by atoms with E-state index in [0.717, 1.165) is 24.8 Å². The Hall–Kier alpha value is -1.10. The first-order chi connectivity index (χ1) is 10.1. The molecule has 1 saturated heterocycles. The molecule has 116 valence electrons. The number of carbonyl (C=O) groups is 1. The molecule has 21 heavy (non-hydrogen) atoms. The number of halogens is 1. The maximum atomic E-state index is 12.1. The van der Waals surface area contributed by atoms with Crippen LogP contribution in [0.15, 0.2) is 24.3 Å². The third-order valence-corrected chi connectivity index (χ3v) is 4.39. The van der Waals surface area contributed by atoms with Gasteiger partial charge >= 0.3 is 0 Å². The van der Waals surface area contributed by atoms with Crippen LogP contribution in [0.5, 0.6) is 0 Å². The second-order valence-corrected chi connectivity index (χ2v) is 6.13. The van der Waals surface area contributed by atoms with Gasteiger partial charge in [0.1, 0.15) is 0 Å². The molecule has 0 aromatic heterocycles. The van der Waals surface area contributed by atoms with E-state index in [0.29, 0.717) is 24.2 Å². The van der Waals surface area contributed by atoms with Gasteiger partial charge in [0.25, 0.3) is 0 Å². The smallest absolute Gasteiger partial charge is 0.234 e. The summed E-state index contributed by atoms with van der Waals surface area (Å²) in [6, 6.07) is 7.90. The number of rotatable bonds is 5.